The van der Waals surface area contributed by atoms with Crippen LogP contribution in [0.25, 0.3) is 0 Å². The Bertz CT molecular complexity index is 1320. The zero-order chi connectivity index (χ0) is 27.1. The van der Waals surface area contributed by atoms with Gasteiger partial charge in [-0.25, -0.2) is 12.8 Å². The van der Waals surface area contributed by atoms with E-state index in [1.807, 2.05) is 0 Å². The average molecular weight is 542 g/mol. The molecule has 2 heterocycles. The summed E-state index contributed by atoms with van der Waals surface area (Å²) >= 11 is 0. The van der Waals surface area contributed by atoms with E-state index in [1.54, 1.807) is 55.5 Å². The molecule has 1 fully saturated rings. The predicted octanol–water partition coefficient (Wildman–Crippen LogP) is 3.87. The zero-order valence-corrected chi connectivity index (χ0v) is 22.1. The zero-order valence-electron chi connectivity index (χ0n) is 21.3. The van der Waals surface area contributed by atoms with Gasteiger partial charge in [-0.1, -0.05) is 24.3 Å². The Balaban J connectivity index is 1.42. The number of halogens is 1. The molecule has 0 saturated carbocycles. The number of benzene rings is 2. The molecule has 1 aromatic heterocycles. The van der Waals surface area contributed by atoms with Gasteiger partial charge in [0.1, 0.15) is 17.6 Å². The number of furan rings is 1. The third-order valence-corrected chi connectivity index (χ3v) is 8.62. The summed E-state index contributed by atoms with van der Waals surface area (Å²) in [6.07, 6.45) is 3.75. The van der Waals surface area contributed by atoms with Crippen molar-refractivity contribution in [2.45, 2.75) is 56.6 Å². The molecular weight excluding hydrogens is 509 g/mol. The number of hydrogen-bond acceptors (Lipinski definition) is 5. The molecule has 2 amide bonds. The third-order valence-electron chi connectivity index (χ3n) is 6.70. The molecule has 1 aliphatic heterocycles. The molecule has 8 nitrogen and oxygen atoms in total. The summed E-state index contributed by atoms with van der Waals surface area (Å²) in [4.78, 5) is 27.9. The highest BCUT2D eigenvalue weighted by molar-refractivity contribution is 7.89. The van der Waals surface area contributed by atoms with Crippen molar-refractivity contribution in [3.8, 4) is 0 Å². The van der Waals surface area contributed by atoms with Crippen LogP contribution >= 0.6 is 0 Å². The first kappa shape index (κ1) is 27.5. The Morgan fingerprint density at radius 2 is 1.68 bits per heavy atom. The Labute approximate surface area is 222 Å². The van der Waals surface area contributed by atoms with Gasteiger partial charge >= 0.3 is 0 Å². The van der Waals surface area contributed by atoms with Crippen molar-refractivity contribution >= 4 is 21.8 Å². The van der Waals surface area contributed by atoms with Crippen molar-refractivity contribution in [2.24, 2.45) is 0 Å². The van der Waals surface area contributed by atoms with E-state index >= 15 is 0 Å². The standard InChI is InChI=1S/C28H32FN3O5S/c1-21(28(34)30-19-25-5-4-18-37-25)32(20-23-6-11-24(29)12-7-23)27(33)15-10-22-8-13-26(14-9-22)38(35,36)31-16-2-3-17-31/h4-9,11-14,18,21H,2-3,10,15-17,19-20H2,1H3,(H,30,34). The number of aryl methyl sites for hydroxylation is 1. The van der Waals surface area contributed by atoms with Crippen molar-refractivity contribution < 1.29 is 26.8 Å². The van der Waals surface area contributed by atoms with Crippen LogP contribution < -0.4 is 5.32 Å². The number of rotatable bonds is 11. The fourth-order valence-electron chi connectivity index (χ4n) is 4.40. The minimum atomic E-state index is -3.50. The van der Waals surface area contributed by atoms with Crippen LogP contribution in [0.5, 0.6) is 0 Å². The van der Waals surface area contributed by atoms with Crippen LogP contribution in [0.15, 0.2) is 76.2 Å². The lowest BCUT2D eigenvalue weighted by atomic mass is 10.1. The Morgan fingerprint density at radius 1 is 1.03 bits per heavy atom. The molecule has 202 valence electrons. The molecule has 1 unspecified atom stereocenters. The first-order valence-corrected chi connectivity index (χ1v) is 14.1. The number of amides is 2. The van der Waals surface area contributed by atoms with Gasteiger partial charge in [0.15, 0.2) is 0 Å². The summed E-state index contributed by atoms with van der Waals surface area (Å²) in [6, 6.07) is 15.1. The van der Waals surface area contributed by atoms with Gasteiger partial charge < -0.3 is 14.6 Å². The van der Waals surface area contributed by atoms with Gasteiger partial charge in [-0.05, 0) is 73.7 Å². The molecule has 4 rings (SSSR count). The summed E-state index contributed by atoms with van der Waals surface area (Å²) in [5.74, 6) is -0.375. The van der Waals surface area contributed by atoms with Crippen molar-refractivity contribution in [2.75, 3.05) is 13.1 Å². The van der Waals surface area contributed by atoms with Crippen LogP contribution in [0.4, 0.5) is 4.39 Å². The highest BCUT2D eigenvalue weighted by atomic mass is 32.2. The topological polar surface area (TPSA) is 99.9 Å². The summed E-state index contributed by atoms with van der Waals surface area (Å²) in [5, 5.41) is 2.78. The monoisotopic (exact) mass is 541 g/mol. The number of nitrogens with zero attached hydrogens (tertiary/aromatic N) is 2. The molecule has 0 bridgehead atoms. The van der Waals surface area contributed by atoms with Crippen LogP contribution in [0.1, 0.15) is 43.1 Å². The largest absolute Gasteiger partial charge is 0.467 e. The second-order valence-electron chi connectivity index (χ2n) is 9.38. The maximum absolute atomic E-state index is 13.4. The van der Waals surface area contributed by atoms with Crippen molar-refractivity contribution in [1.82, 2.24) is 14.5 Å². The molecule has 1 atom stereocenters. The van der Waals surface area contributed by atoms with Gasteiger partial charge in [-0.15, -0.1) is 0 Å². The van der Waals surface area contributed by atoms with E-state index in [0.29, 0.717) is 30.8 Å². The number of carbonyl (C=O) groups excluding carboxylic acids is 2. The molecule has 38 heavy (non-hydrogen) atoms. The van der Waals surface area contributed by atoms with Crippen LogP contribution in [-0.2, 0) is 39.1 Å². The fraction of sp³-hybridized carbons (Fsp3) is 0.357. The fourth-order valence-corrected chi connectivity index (χ4v) is 5.92. The maximum atomic E-state index is 13.4. The molecule has 2 aromatic carbocycles. The van der Waals surface area contributed by atoms with Gasteiger partial charge in [-0.2, -0.15) is 4.31 Å². The van der Waals surface area contributed by atoms with E-state index in [0.717, 1.165) is 18.4 Å². The van der Waals surface area contributed by atoms with E-state index in [4.69, 9.17) is 4.42 Å². The van der Waals surface area contributed by atoms with Crippen molar-refractivity contribution in [3.63, 3.8) is 0 Å². The predicted molar refractivity (Wildman–Crippen MR) is 140 cm³/mol. The summed E-state index contributed by atoms with van der Waals surface area (Å²) in [7, 11) is -3.50. The molecule has 0 aliphatic carbocycles. The van der Waals surface area contributed by atoms with Gasteiger partial charge in [0.05, 0.1) is 17.7 Å². The third kappa shape index (κ3) is 6.87. The first-order valence-electron chi connectivity index (χ1n) is 12.7. The van der Waals surface area contributed by atoms with Crippen LogP contribution in [0.2, 0.25) is 0 Å². The summed E-state index contributed by atoms with van der Waals surface area (Å²) in [6.45, 7) is 3.06. The maximum Gasteiger partial charge on any atom is 0.243 e. The van der Waals surface area contributed by atoms with Crippen molar-refractivity contribution in [3.05, 3.63) is 89.6 Å². The Morgan fingerprint density at radius 3 is 2.32 bits per heavy atom. The Hall–Kier alpha value is -3.50. The molecule has 1 N–H and O–H groups in total. The smallest absolute Gasteiger partial charge is 0.243 e. The van der Waals surface area contributed by atoms with E-state index < -0.39 is 16.1 Å². The van der Waals surface area contributed by atoms with Crippen LogP contribution in [0.3, 0.4) is 0 Å². The number of sulfonamides is 1. The normalized spacial score (nSPS) is 14.8. The van der Waals surface area contributed by atoms with E-state index in [9.17, 15) is 22.4 Å². The van der Waals surface area contributed by atoms with Crippen molar-refractivity contribution in [1.29, 1.82) is 0 Å². The minimum Gasteiger partial charge on any atom is -0.467 e. The SMILES string of the molecule is CC(C(=O)NCc1ccco1)N(Cc1ccc(F)cc1)C(=O)CCc1ccc(S(=O)(=O)N2CCCC2)cc1. The van der Waals surface area contributed by atoms with Gasteiger partial charge in [0.2, 0.25) is 21.8 Å². The second kappa shape index (κ2) is 12.4. The summed E-state index contributed by atoms with van der Waals surface area (Å²) < 4.78 is 45.7. The van der Waals surface area contributed by atoms with E-state index in [2.05, 4.69) is 5.32 Å². The first-order chi connectivity index (χ1) is 18.2. The van der Waals surface area contributed by atoms with Gasteiger partial charge in [0, 0.05) is 26.1 Å². The number of nitrogens with one attached hydrogen (secondary N) is 1. The molecule has 3 aromatic rings. The number of carbonyl (C=O) groups is 2. The minimum absolute atomic E-state index is 0.120. The van der Waals surface area contributed by atoms with E-state index in [1.165, 1.54) is 27.6 Å². The highest BCUT2D eigenvalue weighted by Crippen LogP contribution is 2.22. The second-order valence-corrected chi connectivity index (χ2v) is 11.3. The van der Waals surface area contributed by atoms with Crippen LogP contribution in [-0.4, -0.2) is 48.6 Å². The van der Waals surface area contributed by atoms with E-state index in [-0.39, 0.29) is 42.0 Å². The summed E-state index contributed by atoms with van der Waals surface area (Å²) in [5.41, 5.74) is 1.51. The number of hydrogen-bond donors (Lipinski definition) is 1. The lowest BCUT2D eigenvalue weighted by Gasteiger charge is -2.29. The quantitative estimate of drug-likeness (QED) is 0.397. The lowest BCUT2D eigenvalue weighted by Crippen LogP contribution is -2.47. The molecule has 0 spiro atoms. The van der Waals surface area contributed by atoms with Crippen LogP contribution in [0, 0.1) is 5.82 Å². The van der Waals surface area contributed by atoms with Gasteiger partial charge in [0.25, 0.3) is 0 Å². The molecule has 1 aliphatic rings. The average Bonchev–Trinajstić information content (AvgIpc) is 3.65. The molecule has 1 saturated heterocycles. The molecular formula is C28H32FN3O5S. The Kier molecular flexibility index (Phi) is 8.96. The molecule has 10 heteroatoms. The highest BCUT2D eigenvalue weighted by Gasteiger charge is 2.28. The molecule has 0 radical (unpaired) electrons. The van der Waals surface area contributed by atoms with Gasteiger partial charge in [-0.3, -0.25) is 9.59 Å². The lowest BCUT2D eigenvalue weighted by molar-refractivity contribution is -0.140.